The van der Waals surface area contributed by atoms with Crippen LogP contribution in [0.4, 0.5) is 11.4 Å². The van der Waals surface area contributed by atoms with Crippen LogP contribution in [0.15, 0.2) is 77.7 Å². The molecule has 0 heterocycles. The molecule has 0 aromatic heterocycles. The first-order valence-corrected chi connectivity index (χ1v) is 10.5. The number of benzene rings is 3. The predicted molar refractivity (Wildman–Crippen MR) is 114 cm³/mol. The molecule has 1 amide bonds. The first kappa shape index (κ1) is 20.4. The van der Waals surface area contributed by atoms with Crippen LogP contribution >= 0.6 is 0 Å². The summed E-state index contributed by atoms with van der Waals surface area (Å²) < 4.78 is 32.7. The highest BCUT2D eigenvalue weighted by Gasteiger charge is 2.14. The molecule has 0 aliphatic heterocycles. The van der Waals surface area contributed by atoms with Crippen LogP contribution in [0.3, 0.4) is 0 Å². The molecule has 3 aromatic rings. The lowest BCUT2D eigenvalue weighted by molar-refractivity contribution is -0.115. The monoisotopic (exact) mass is 410 g/mol. The maximum atomic E-state index is 12.5. The number of methoxy groups -OCH3 is 1. The molecule has 0 aliphatic rings. The molecule has 2 N–H and O–H groups in total. The number of rotatable bonds is 7. The second-order valence-electron chi connectivity index (χ2n) is 6.57. The maximum Gasteiger partial charge on any atom is 0.261 e. The van der Waals surface area contributed by atoms with Crippen molar-refractivity contribution >= 4 is 27.3 Å². The summed E-state index contributed by atoms with van der Waals surface area (Å²) in [4.78, 5) is 12.3. The van der Waals surface area contributed by atoms with E-state index in [1.165, 1.54) is 12.1 Å². The minimum atomic E-state index is -3.71. The van der Waals surface area contributed by atoms with Gasteiger partial charge in [-0.2, -0.15) is 0 Å². The van der Waals surface area contributed by atoms with Gasteiger partial charge >= 0.3 is 0 Å². The highest BCUT2D eigenvalue weighted by molar-refractivity contribution is 7.92. The molecule has 0 spiro atoms. The molecule has 29 heavy (non-hydrogen) atoms. The number of carbonyl (C=O) groups excluding carboxylic acids is 1. The predicted octanol–water partition coefficient (Wildman–Crippen LogP) is 3.99. The van der Waals surface area contributed by atoms with E-state index < -0.39 is 10.0 Å². The molecule has 0 fully saturated rings. The van der Waals surface area contributed by atoms with Crippen molar-refractivity contribution < 1.29 is 17.9 Å². The Labute approximate surface area is 170 Å². The lowest BCUT2D eigenvalue weighted by Gasteiger charge is -2.10. The van der Waals surface area contributed by atoms with E-state index in [0.29, 0.717) is 11.4 Å². The third-order valence-electron chi connectivity index (χ3n) is 4.24. The van der Waals surface area contributed by atoms with Crippen molar-refractivity contribution in [3.05, 3.63) is 83.9 Å². The molecule has 7 heteroatoms. The van der Waals surface area contributed by atoms with Crippen LogP contribution in [0.2, 0.25) is 0 Å². The topological polar surface area (TPSA) is 84.5 Å². The van der Waals surface area contributed by atoms with Gasteiger partial charge in [-0.05, 0) is 66.6 Å². The van der Waals surface area contributed by atoms with Gasteiger partial charge in [0.1, 0.15) is 5.75 Å². The normalized spacial score (nSPS) is 11.0. The summed E-state index contributed by atoms with van der Waals surface area (Å²) in [7, 11) is -2.12. The van der Waals surface area contributed by atoms with E-state index in [9.17, 15) is 13.2 Å². The van der Waals surface area contributed by atoms with E-state index in [0.717, 1.165) is 16.9 Å². The minimum absolute atomic E-state index is 0.118. The first-order chi connectivity index (χ1) is 13.9. The van der Waals surface area contributed by atoms with Gasteiger partial charge in [-0.15, -0.1) is 0 Å². The van der Waals surface area contributed by atoms with Gasteiger partial charge in [-0.25, -0.2) is 8.42 Å². The molecule has 0 saturated heterocycles. The number of amides is 1. The lowest BCUT2D eigenvalue weighted by atomic mass is 10.1. The van der Waals surface area contributed by atoms with Crippen molar-refractivity contribution in [1.82, 2.24) is 0 Å². The number of hydrogen-bond acceptors (Lipinski definition) is 4. The molecule has 6 nitrogen and oxygen atoms in total. The van der Waals surface area contributed by atoms with E-state index in [1.54, 1.807) is 49.6 Å². The summed E-state index contributed by atoms with van der Waals surface area (Å²) >= 11 is 0. The molecule has 0 saturated carbocycles. The fourth-order valence-electron chi connectivity index (χ4n) is 2.77. The third kappa shape index (κ3) is 5.58. The van der Waals surface area contributed by atoms with Crippen LogP contribution in [0.5, 0.6) is 5.75 Å². The number of sulfonamides is 1. The van der Waals surface area contributed by atoms with Gasteiger partial charge in [0.2, 0.25) is 5.91 Å². The number of nitrogens with one attached hydrogen (secondary N) is 2. The van der Waals surface area contributed by atoms with Crippen molar-refractivity contribution in [2.75, 3.05) is 17.1 Å². The van der Waals surface area contributed by atoms with Crippen LogP contribution in [0.1, 0.15) is 11.1 Å². The molecule has 0 radical (unpaired) electrons. The summed E-state index contributed by atoms with van der Waals surface area (Å²) in [5.74, 6) is 0.536. The zero-order valence-corrected chi connectivity index (χ0v) is 17.0. The van der Waals surface area contributed by atoms with Gasteiger partial charge in [0.25, 0.3) is 10.0 Å². The standard InChI is InChI=1S/C22H22N2O4S/c1-16-4-3-5-19(14-16)24-29(26,27)21-12-8-18(9-13-21)23-22(25)15-17-6-10-20(28-2)11-7-17/h3-14,24H,15H2,1-2H3,(H,23,25). The van der Waals surface area contributed by atoms with E-state index in [1.807, 2.05) is 25.1 Å². The molecule has 3 rings (SSSR count). The number of hydrogen-bond donors (Lipinski definition) is 2. The fourth-order valence-corrected chi connectivity index (χ4v) is 3.82. The Balaban J connectivity index is 1.63. The molecule has 0 bridgehead atoms. The van der Waals surface area contributed by atoms with Crippen molar-refractivity contribution in [3.63, 3.8) is 0 Å². The van der Waals surface area contributed by atoms with Gasteiger partial charge in [0.15, 0.2) is 0 Å². The summed E-state index contributed by atoms with van der Waals surface area (Å²) in [5, 5.41) is 2.77. The Hall–Kier alpha value is -3.32. The summed E-state index contributed by atoms with van der Waals surface area (Å²) in [6.45, 7) is 1.89. The highest BCUT2D eigenvalue weighted by atomic mass is 32.2. The third-order valence-corrected chi connectivity index (χ3v) is 5.64. The Morgan fingerprint density at radius 1 is 0.931 bits per heavy atom. The van der Waals surface area contributed by atoms with Crippen molar-refractivity contribution in [3.8, 4) is 5.75 Å². The van der Waals surface area contributed by atoms with E-state index in [-0.39, 0.29) is 17.2 Å². The summed E-state index contributed by atoms with van der Waals surface area (Å²) in [6.07, 6.45) is 0.207. The number of anilines is 2. The van der Waals surface area contributed by atoms with E-state index in [4.69, 9.17) is 4.74 Å². The number of ether oxygens (including phenoxy) is 1. The van der Waals surface area contributed by atoms with Crippen LogP contribution in [-0.2, 0) is 21.2 Å². The Bertz CT molecular complexity index is 1090. The number of carbonyl (C=O) groups is 1. The van der Waals surface area contributed by atoms with Gasteiger partial charge in [-0.3, -0.25) is 9.52 Å². The smallest absolute Gasteiger partial charge is 0.261 e. The van der Waals surface area contributed by atoms with Gasteiger partial charge < -0.3 is 10.1 Å². The largest absolute Gasteiger partial charge is 0.497 e. The van der Waals surface area contributed by atoms with Gasteiger partial charge in [0.05, 0.1) is 18.4 Å². The second-order valence-corrected chi connectivity index (χ2v) is 8.25. The van der Waals surface area contributed by atoms with Crippen LogP contribution in [0, 0.1) is 6.92 Å². The Morgan fingerprint density at radius 2 is 1.62 bits per heavy atom. The molecule has 150 valence electrons. The Morgan fingerprint density at radius 3 is 2.24 bits per heavy atom. The molecule has 0 unspecified atom stereocenters. The molecular formula is C22H22N2O4S. The summed E-state index contributed by atoms with van der Waals surface area (Å²) in [5.41, 5.74) is 2.84. The average molecular weight is 410 g/mol. The van der Waals surface area contributed by atoms with E-state index in [2.05, 4.69) is 10.0 Å². The zero-order chi connectivity index (χ0) is 20.9. The lowest BCUT2D eigenvalue weighted by Crippen LogP contribution is -2.15. The fraction of sp³-hybridized carbons (Fsp3) is 0.136. The van der Waals surface area contributed by atoms with Crippen molar-refractivity contribution in [2.24, 2.45) is 0 Å². The SMILES string of the molecule is COc1ccc(CC(=O)Nc2ccc(S(=O)(=O)Nc3cccc(C)c3)cc2)cc1. The molecule has 0 aliphatic carbocycles. The van der Waals surface area contributed by atoms with Crippen LogP contribution in [-0.4, -0.2) is 21.4 Å². The molecule has 0 atom stereocenters. The van der Waals surface area contributed by atoms with Crippen molar-refractivity contribution in [1.29, 1.82) is 0 Å². The second kappa shape index (κ2) is 8.79. The quantitative estimate of drug-likeness (QED) is 0.617. The summed E-state index contributed by atoms with van der Waals surface area (Å²) in [6, 6.07) is 20.4. The molecular weight excluding hydrogens is 388 g/mol. The number of aryl methyl sites for hydroxylation is 1. The zero-order valence-electron chi connectivity index (χ0n) is 16.2. The maximum absolute atomic E-state index is 12.5. The van der Waals surface area contributed by atoms with Gasteiger partial charge in [-0.1, -0.05) is 24.3 Å². The van der Waals surface area contributed by atoms with Gasteiger partial charge in [0, 0.05) is 11.4 Å². The first-order valence-electron chi connectivity index (χ1n) is 8.98. The van der Waals surface area contributed by atoms with Crippen molar-refractivity contribution in [2.45, 2.75) is 18.2 Å². The highest BCUT2D eigenvalue weighted by Crippen LogP contribution is 2.19. The van der Waals surface area contributed by atoms with E-state index >= 15 is 0 Å². The molecule has 3 aromatic carbocycles. The van der Waals surface area contributed by atoms with Crippen LogP contribution < -0.4 is 14.8 Å². The Kier molecular flexibility index (Phi) is 6.19. The van der Waals surface area contributed by atoms with Crippen LogP contribution in [0.25, 0.3) is 0 Å². The minimum Gasteiger partial charge on any atom is -0.497 e. The average Bonchev–Trinajstić information content (AvgIpc) is 2.68.